The average Bonchev–Trinajstić information content (AvgIpc) is 2.07. The van der Waals surface area contributed by atoms with Crippen molar-refractivity contribution in [2.24, 2.45) is 10.9 Å². The topological polar surface area (TPSA) is 12.4 Å². The molecule has 1 aliphatic rings. The van der Waals surface area contributed by atoms with Crippen LogP contribution in [-0.2, 0) is 13.5 Å². The van der Waals surface area contributed by atoms with Crippen LogP contribution in [0.15, 0.2) is 16.1 Å². The summed E-state index contributed by atoms with van der Waals surface area (Å²) < 4.78 is 0. The first kappa shape index (κ1) is 17.0. The largest absolute Gasteiger partial charge is 1.00 e. The summed E-state index contributed by atoms with van der Waals surface area (Å²) in [5.41, 5.74) is 0. The molecule has 1 nitrogen and oxygen atoms in total. The summed E-state index contributed by atoms with van der Waals surface area (Å²) in [5.74, 6) is 0.711. The van der Waals surface area contributed by atoms with Crippen LogP contribution < -0.4 is 18.9 Å². The van der Waals surface area contributed by atoms with E-state index in [-0.39, 0.29) is 32.4 Å². The smallest absolute Gasteiger partial charge is 0.813 e. The monoisotopic (exact) mass is 222 g/mol. The van der Waals surface area contributed by atoms with E-state index in [1.807, 2.05) is 24.2 Å². The van der Waals surface area contributed by atoms with Crippen LogP contribution in [0.2, 0.25) is 0 Å². The van der Waals surface area contributed by atoms with Gasteiger partial charge < -0.3 is 13.5 Å². The molecule has 0 saturated heterocycles. The van der Waals surface area contributed by atoms with Crippen molar-refractivity contribution in [1.29, 1.82) is 0 Å². The van der Waals surface area contributed by atoms with Crippen molar-refractivity contribution in [3.8, 4) is 0 Å². The van der Waals surface area contributed by atoms with E-state index in [9.17, 15) is 0 Å². The summed E-state index contributed by atoms with van der Waals surface area (Å²) in [4.78, 5) is 5.64. The second kappa shape index (κ2) is 8.85. The maximum absolute atomic E-state index is 4.21. The minimum absolute atomic E-state index is 0. The number of aliphatic imine (C=N–C) groups is 1. The van der Waals surface area contributed by atoms with Crippen molar-refractivity contribution in [3.05, 3.63) is 16.4 Å². The van der Waals surface area contributed by atoms with Gasteiger partial charge in [-0.25, -0.2) is 0 Å². The van der Waals surface area contributed by atoms with Crippen LogP contribution in [0.25, 0.3) is 0 Å². The first-order valence-corrected chi connectivity index (χ1v) is 5.34. The normalized spacial score (nSPS) is 14.6. The zero-order valence-electron chi connectivity index (χ0n) is 9.45. The number of thiol groups is 1. The van der Waals surface area contributed by atoms with Gasteiger partial charge in [0.25, 0.3) is 0 Å². The number of nitrogens with zero attached hydrogens (tertiary/aromatic N) is 1. The third-order valence-electron chi connectivity index (χ3n) is 2.12. The Morgan fingerprint density at radius 3 is 2.43 bits per heavy atom. The standard InChI is InChI=1S/C10H16NS.Li.H2S/c1-4-9(5-2)10-7-11-6-8(3)12-10;;/h6-7,9H,4-5H2,1-3H3;;1H2/q-1;+1;/p-1. The quantitative estimate of drug-likeness (QED) is 0.296. The summed E-state index contributed by atoms with van der Waals surface area (Å²) in [7, 11) is 0. The van der Waals surface area contributed by atoms with Crippen LogP contribution in [0, 0.1) is 11.2 Å². The zero-order valence-corrected chi connectivity index (χ0v) is 11.2. The van der Waals surface area contributed by atoms with Gasteiger partial charge in [-0.2, -0.15) is 6.92 Å². The average molecular weight is 222 g/mol. The summed E-state index contributed by atoms with van der Waals surface area (Å²) >= 11 is 1.87. The molecule has 4 heteroatoms. The van der Waals surface area contributed by atoms with Crippen LogP contribution in [0.3, 0.4) is 0 Å². The molecule has 1 aliphatic heterocycles. The van der Waals surface area contributed by atoms with Gasteiger partial charge in [-0.05, 0) is 23.7 Å². The van der Waals surface area contributed by atoms with Gasteiger partial charge in [-0.15, -0.1) is 6.21 Å². The molecule has 0 aliphatic carbocycles. The minimum atomic E-state index is 0. The van der Waals surface area contributed by atoms with E-state index in [4.69, 9.17) is 0 Å². The summed E-state index contributed by atoms with van der Waals surface area (Å²) in [5, 5.41) is 1.31. The molecule has 14 heavy (non-hydrogen) atoms. The number of hydrogen-bond donors (Lipinski definition) is 0. The van der Waals surface area contributed by atoms with E-state index in [0.717, 1.165) is 0 Å². The number of thioether (sulfide) groups is 1. The first-order chi connectivity index (χ1) is 5.77. The van der Waals surface area contributed by atoms with Crippen molar-refractivity contribution in [3.63, 3.8) is 0 Å². The molecule has 76 valence electrons. The van der Waals surface area contributed by atoms with E-state index in [2.05, 4.69) is 25.8 Å². The van der Waals surface area contributed by atoms with Crippen LogP contribution >= 0.6 is 11.8 Å². The Labute approximate surface area is 111 Å². The van der Waals surface area contributed by atoms with Crippen molar-refractivity contribution >= 4 is 31.5 Å². The third-order valence-corrected chi connectivity index (χ3v) is 3.23. The van der Waals surface area contributed by atoms with Gasteiger partial charge >= 0.3 is 18.9 Å². The number of hydrogen-bond acceptors (Lipinski definition) is 3. The second-order valence-electron chi connectivity index (χ2n) is 3.04. The van der Waals surface area contributed by atoms with E-state index < -0.39 is 0 Å². The van der Waals surface area contributed by atoms with Gasteiger partial charge in [0.1, 0.15) is 0 Å². The van der Waals surface area contributed by atoms with Crippen molar-refractivity contribution < 1.29 is 18.9 Å². The number of allylic oxidation sites excluding steroid dienone is 1. The maximum atomic E-state index is 4.21. The van der Waals surface area contributed by atoms with E-state index in [1.165, 1.54) is 23.0 Å². The fraction of sp³-hybridized carbons (Fsp3) is 0.600. The van der Waals surface area contributed by atoms with Crippen molar-refractivity contribution in [2.75, 3.05) is 0 Å². The molecule has 0 saturated carbocycles. The Balaban J connectivity index is 0. The van der Waals surface area contributed by atoms with E-state index in [1.54, 1.807) is 0 Å². The molecule has 0 spiro atoms. The van der Waals surface area contributed by atoms with Crippen LogP contribution in [0.4, 0.5) is 0 Å². The van der Waals surface area contributed by atoms with Crippen LogP contribution in [-0.4, -0.2) is 6.21 Å². The Morgan fingerprint density at radius 2 is 2.00 bits per heavy atom. The molecule has 0 atom stereocenters. The molecule has 0 amide bonds. The van der Waals surface area contributed by atoms with Gasteiger partial charge in [0.2, 0.25) is 0 Å². The summed E-state index contributed by atoms with van der Waals surface area (Å²) in [6.07, 6.45) is 6.38. The van der Waals surface area contributed by atoms with Crippen LogP contribution in [0.5, 0.6) is 0 Å². The van der Waals surface area contributed by atoms with Crippen molar-refractivity contribution in [2.45, 2.75) is 33.6 Å². The summed E-state index contributed by atoms with van der Waals surface area (Å²) in [6.45, 7) is 6.59. The Hall–Kier alpha value is 0.577. The molecule has 0 radical (unpaired) electrons. The molecule has 1 rings (SSSR count). The molecular weight excluding hydrogens is 205 g/mol. The van der Waals surface area contributed by atoms with Gasteiger partial charge in [-0.1, -0.05) is 13.8 Å². The minimum Gasteiger partial charge on any atom is -0.813 e. The van der Waals surface area contributed by atoms with Gasteiger partial charge in [0, 0.05) is 6.20 Å². The molecule has 1 heterocycles. The molecule has 0 unspecified atom stereocenters. The first-order valence-electron chi connectivity index (χ1n) is 4.52. The third kappa shape index (κ3) is 4.88. The second-order valence-corrected chi connectivity index (χ2v) is 4.36. The van der Waals surface area contributed by atoms with Gasteiger partial charge in [-0.3, -0.25) is 22.0 Å². The van der Waals surface area contributed by atoms with Crippen LogP contribution in [0.1, 0.15) is 33.6 Å². The Kier molecular flexibility index (Phi) is 10.7. The molecular formula is C10H17LiNS2-. The molecule has 0 aromatic rings. The van der Waals surface area contributed by atoms with Gasteiger partial charge in [0.05, 0.1) is 0 Å². The predicted molar refractivity (Wildman–Crippen MR) is 65.9 cm³/mol. The molecule has 0 fully saturated rings. The van der Waals surface area contributed by atoms with E-state index >= 15 is 0 Å². The predicted octanol–water partition coefficient (Wildman–Crippen LogP) is 0.367. The Morgan fingerprint density at radius 1 is 1.43 bits per heavy atom. The molecule has 0 aromatic heterocycles. The zero-order chi connectivity index (χ0) is 8.97. The van der Waals surface area contributed by atoms with Gasteiger partial charge in [0.15, 0.2) is 0 Å². The fourth-order valence-corrected chi connectivity index (χ4v) is 2.43. The Bertz CT molecular complexity index is 200. The van der Waals surface area contributed by atoms with Crippen molar-refractivity contribution in [1.82, 2.24) is 0 Å². The maximum Gasteiger partial charge on any atom is 1.00 e. The number of rotatable bonds is 3. The molecule has 0 aromatic carbocycles. The fourth-order valence-electron chi connectivity index (χ4n) is 1.33. The molecule has 0 bridgehead atoms. The van der Waals surface area contributed by atoms with E-state index in [0.29, 0.717) is 5.92 Å². The SMILES string of the molecule is CCC(CC)C1=CN=C[C-](C)S1.[Li+].[SH-]. The summed E-state index contributed by atoms with van der Waals surface area (Å²) in [6, 6.07) is 0. The molecule has 0 N–H and O–H groups in total.